The van der Waals surface area contributed by atoms with Crippen molar-refractivity contribution in [2.75, 3.05) is 0 Å². The molecule has 0 aliphatic rings. The van der Waals surface area contributed by atoms with E-state index in [4.69, 9.17) is 8.83 Å². The molecule has 2 aromatic heterocycles. The largest absolute Gasteiger partial charge is 0.461 e. The molecule has 12 heavy (non-hydrogen) atoms. The van der Waals surface area contributed by atoms with E-state index < -0.39 is 0 Å². The molecule has 2 heterocycles. The molecule has 0 saturated carbocycles. The van der Waals surface area contributed by atoms with Crippen molar-refractivity contribution in [3.8, 4) is 11.5 Å². The maximum absolute atomic E-state index is 5.46. The molecular formula is C10H10O2. The van der Waals surface area contributed by atoms with Gasteiger partial charge in [-0.15, -0.1) is 0 Å². The molecule has 0 amide bonds. The van der Waals surface area contributed by atoms with Crippen molar-refractivity contribution in [3.05, 3.63) is 35.8 Å². The Morgan fingerprint density at radius 1 is 1.17 bits per heavy atom. The smallest absolute Gasteiger partial charge is 0.169 e. The van der Waals surface area contributed by atoms with Gasteiger partial charge in [-0.2, -0.15) is 0 Å². The predicted octanol–water partition coefficient (Wildman–Crippen LogP) is 3.16. The van der Waals surface area contributed by atoms with Crippen molar-refractivity contribution in [3.63, 3.8) is 0 Å². The standard InChI is InChI=1S/C10H10O2/c1-7-6-10(12-8(7)2)9-4-3-5-11-9/h3-6H,1-2H3. The SMILES string of the molecule is Cc1cc(-c2ccco2)oc1C. The third kappa shape index (κ3) is 1.05. The Labute approximate surface area is 70.8 Å². The topological polar surface area (TPSA) is 26.3 Å². The van der Waals surface area contributed by atoms with E-state index in [1.807, 2.05) is 32.0 Å². The minimum Gasteiger partial charge on any atom is -0.461 e. The van der Waals surface area contributed by atoms with Gasteiger partial charge in [0, 0.05) is 0 Å². The zero-order valence-corrected chi connectivity index (χ0v) is 7.13. The fraction of sp³-hybridized carbons (Fsp3) is 0.200. The summed E-state index contributed by atoms with van der Waals surface area (Å²) in [6, 6.07) is 5.72. The van der Waals surface area contributed by atoms with E-state index in [0.717, 1.165) is 22.8 Å². The summed E-state index contributed by atoms with van der Waals surface area (Å²) in [5.41, 5.74) is 1.15. The van der Waals surface area contributed by atoms with Crippen LogP contribution >= 0.6 is 0 Å². The molecule has 0 fully saturated rings. The van der Waals surface area contributed by atoms with Crippen LogP contribution in [0.2, 0.25) is 0 Å². The molecule has 0 N–H and O–H groups in total. The maximum atomic E-state index is 5.46. The molecule has 0 aliphatic carbocycles. The lowest BCUT2D eigenvalue weighted by molar-refractivity contribution is 0.506. The second kappa shape index (κ2) is 2.55. The Bertz CT molecular complexity index is 349. The van der Waals surface area contributed by atoms with Crippen LogP contribution in [-0.4, -0.2) is 0 Å². The van der Waals surface area contributed by atoms with Gasteiger partial charge in [0.1, 0.15) is 5.76 Å². The van der Waals surface area contributed by atoms with E-state index in [-0.39, 0.29) is 0 Å². The van der Waals surface area contributed by atoms with E-state index in [1.165, 1.54) is 0 Å². The highest BCUT2D eigenvalue weighted by Crippen LogP contribution is 2.24. The number of hydrogen-bond acceptors (Lipinski definition) is 2. The monoisotopic (exact) mass is 162 g/mol. The zero-order valence-electron chi connectivity index (χ0n) is 7.13. The Morgan fingerprint density at radius 2 is 2.00 bits per heavy atom. The van der Waals surface area contributed by atoms with Crippen LogP contribution < -0.4 is 0 Å². The molecule has 0 atom stereocenters. The molecule has 2 heteroatoms. The minimum atomic E-state index is 0.784. The van der Waals surface area contributed by atoms with E-state index in [0.29, 0.717) is 0 Å². The molecule has 0 unspecified atom stereocenters. The lowest BCUT2D eigenvalue weighted by atomic mass is 10.2. The highest BCUT2D eigenvalue weighted by atomic mass is 16.4. The molecule has 62 valence electrons. The number of aryl methyl sites for hydroxylation is 2. The molecule has 0 spiro atoms. The lowest BCUT2D eigenvalue weighted by Gasteiger charge is -1.87. The van der Waals surface area contributed by atoms with Gasteiger partial charge >= 0.3 is 0 Å². The first-order chi connectivity index (χ1) is 5.77. The van der Waals surface area contributed by atoms with Crippen LogP contribution in [0.4, 0.5) is 0 Å². The average molecular weight is 162 g/mol. The predicted molar refractivity (Wildman–Crippen MR) is 45.9 cm³/mol. The van der Waals surface area contributed by atoms with Gasteiger partial charge in [0.05, 0.1) is 6.26 Å². The summed E-state index contributed by atoms with van der Waals surface area (Å²) in [5.74, 6) is 2.53. The quantitative estimate of drug-likeness (QED) is 0.643. The van der Waals surface area contributed by atoms with Crippen molar-refractivity contribution in [2.45, 2.75) is 13.8 Å². The van der Waals surface area contributed by atoms with E-state index in [2.05, 4.69) is 0 Å². The average Bonchev–Trinajstić information content (AvgIpc) is 2.61. The molecule has 2 aromatic rings. The lowest BCUT2D eigenvalue weighted by Crippen LogP contribution is -1.63. The molecular weight excluding hydrogens is 152 g/mol. The molecule has 2 nitrogen and oxygen atoms in total. The van der Waals surface area contributed by atoms with Crippen LogP contribution in [-0.2, 0) is 0 Å². The minimum absolute atomic E-state index is 0.784. The van der Waals surface area contributed by atoms with Crippen molar-refractivity contribution in [1.82, 2.24) is 0 Å². The summed E-state index contributed by atoms with van der Waals surface area (Å²) < 4.78 is 10.7. The normalized spacial score (nSPS) is 10.5. The summed E-state index contributed by atoms with van der Waals surface area (Å²) in [7, 11) is 0. The van der Waals surface area contributed by atoms with Crippen LogP contribution in [0.5, 0.6) is 0 Å². The van der Waals surface area contributed by atoms with Crippen molar-refractivity contribution in [1.29, 1.82) is 0 Å². The van der Waals surface area contributed by atoms with Crippen LogP contribution in [0.25, 0.3) is 11.5 Å². The summed E-state index contributed by atoms with van der Waals surface area (Å²) in [4.78, 5) is 0. The molecule has 0 aromatic carbocycles. The van der Waals surface area contributed by atoms with Gasteiger partial charge in [-0.05, 0) is 37.6 Å². The van der Waals surface area contributed by atoms with Crippen LogP contribution in [0.1, 0.15) is 11.3 Å². The van der Waals surface area contributed by atoms with Crippen LogP contribution in [0, 0.1) is 13.8 Å². The number of rotatable bonds is 1. The Balaban J connectivity index is 2.48. The Hall–Kier alpha value is -1.44. The van der Waals surface area contributed by atoms with Gasteiger partial charge in [0.25, 0.3) is 0 Å². The fourth-order valence-corrected chi connectivity index (χ4v) is 1.11. The third-order valence-electron chi connectivity index (χ3n) is 1.93. The van der Waals surface area contributed by atoms with Gasteiger partial charge in [0.2, 0.25) is 0 Å². The van der Waals surface area contributed by atoms with Crippen molar-refractivity contribution < 1.29 is 8.83 Å². The Morgan fingerprint density at radius 3 is 2.50 bits per heavy atom. The number of hydrogen-bond donors (Lipinski definition) is 0. The first kappa shape index (κ1) is 7.22. The molecule has 0 saturated heterocycles. The Kier molecular flexibility index (Phi) is 1.54. The molecule has 0 bridgehead atoms. The van der Waals surface area contributed by atoms with Crippen LogP contribution in [0.15, 0.2) is 33.3 Å². The van der Waals surface area contributed by atoms with Crippen molar-refractivity contribution >= 4 is 0 Å². The van der Waals surface area contributed by atoms with Gasteiger partial charge in [-0.25, -0.2) is 0 Å². The van der Waals surface area contributed by atoms with E-state index in [9.17, 15) is 0 Å². The fourth-order valence-electron chi connectivity index (χ4n) is 1.11. The third-order valence-corrected chi connectivity index (χ3v) is 1.93. The first-order valence-corrected chi connectivity index (χ1v) is 3.88. The summed E-state index contributed by atoms with van der Waals surface area (Å²) in [5, 5.41) is 0. The van der Waals surface area contributed by atoms with E-state index in [1.54, 1.807) is 6.26 Å². The van der Waals surface area contributed by atoms with E-state index >= 15 is 0 Å². The van der Waals surface area contributed by atoms with Gasteiger partial charge in [0.15, 0.2) is 11.5 Å². The molecule has 0 radical (unpaired) electrons. The molecule has 2 rings (SSSR count). The highest BCUT2D eigenvalue weighted by molar-refractivity contribution is 5.51. The van der Waals surface area contributed by atoms with Gasteiger partial charge in [-0.1, -0.05) is 0 Å². The second-order valence-electron chi connectivity index (χ2n) is 2.83. The highest BCUT2D eigenvalue weighted by Gasteiger charge is 2.07. The second-order valence-corrected chi connectivity index (χ2v) is 2.83. The van der Waals surface area contributed by atoms with Gasteiger partial charge in [-0.3, -0.25) is 0 Å². The summed E-state index contributed by atoms with van der Waals surface area (Å²) in [6.45, 7) is 3.97. The zero-order chi connectivity index (χ0) is 8.55. The van der Waals surface area contributed by atoms with Crippen LogP contribution in [0.3, 0.4) is 0 Å². The summed E-state index contributed by atoms with van der Waals surface area (Å²) >= 11 is 0. The van der Waals surface area contributed by atoms with Crippen molar-refractivity contribution in [2.24, 2.45) is 0 Å². The van der Waals surface area contributed by atoms with Gasteiger partial charge < -0.3 is 8.83 Å². The summed E-state index contributed by atoms with van der Waals surface area (Å²) in [6.07, 6.45) is 1.64. The molecule has 0 aliphatic heterocycles. The number of furan rings is 2. The first-order valence-electron chi connectivity index (χ1n) is 3.88. The maximum Gasteiger partial charge on any atom is 0.169 e.